The molecule has 0 aromatic heterocycles. The lowest BCUT2D eigenvalue weighted by Gasteiger charge is -2.30. The third-order valence-electron chi connectivity index (χ3n) is 5.76. The van der Waals surface area contributed by atoms with Gasteiger partial charge in [0.05, 0.1) is 23.7 Å². The molecule has 1 aliphatic rings. The number of hydrogen-bond donors (Lipinski definition) is 2. The van der Waals surface area contributed by atoms with Crippen LogP contribution in [0.15, 0.2) is 96.1 Å². The molecule has 1 aliphatic heterocycles. The summed E-state index contributed by atoms with van der Waals surface area (Å²) in [7, 11) is 1.96. The lowest BCUT2D eigenvalue weighted by atomic mass is 10.0. The zero-order valence-corrected chi connectivity index (χ0v) is 20.6. The summed E-state index contributed by atoms with van der Waals surface area (Å²) in [6.07, 6.45) is -0.504. The Kier molecular flexibility index (Phi) is 7.63. The number of nitrogens with zero attached hydrogens (tertiary/aromatic N) is 3. The molecule has 0 saturated carbocycles. The van der Waals surface area contributed by atoms with Gasteiger partial charge in [-0.3, -0.25) is 4.99 Å². The smallest absolute Gasteiger partial charge is 0.171 e. The van der Waals surface area contributed by atoms with E-state index in [1.807, 2.05) is 95.7 Å². The van der Waals surface area contributed by atoms with Gasteiger partial charge in [0.1, 0.15) is 0 Å². The highest BCUT2D eigenvalue weighted by Crippen LogP contribution is 2.32. The van der Waals surface area contributed by atoms with Crippen molar-refractivity contribution in [1.82, 2.24) is 10.2 Å². The van der Waals surface area contributed by atoms with E-state index in [1.165, 1.54) is 0 Å². The maximum atomic E-state index is 9.65. The van der Waals surface area contributed by atoms with Gasteiger partial charge in [0.25, 0.3) is 0 Å². The normalized spacial score (nSPS) is 15.3. The van der Waals surface area contributed by atoms with Crippen molar-refractivity contribution in [3.8, 4) is 0 Å². The maximum Gasteiger partial charge on any atom is 0.171 e. The first-order valence-electron chi connectivity index (χ1n) is 11.0. The lowest BCUT2D eigenvalue weighted by Crippen LogP contribution is -2.47. The van der Waals surface area contributed by atoms with Crippen LogP contribution in [0.1, 0.15) is 16.7 Å². The van der Waals surface area contributed by atoms with Crippen molar-refractivity contribution in [3.63, 3.8) is 0 Å². The van der Waals surface area contributed by atoms with Crippen LogP contribution in [0.3, 0.4) is 0 Å². The fraction of sp³-hybridized carbons (Fsp3) is 0.185. The monoisotopic (exact) mass is 490 g/mol. The number of aliphatic imine (C=N–C) groups is 1. The molecule has 0 bridgehead atoms. The van der Waals surface area contributed by atoms with Crippen LogP contribution in [0.4, 0.5) is 5.69 Å². The third kappa shape index (κ3) is 5.30. The number of benzene rings is 3. The van der Waals surface area contributed by atoms with E-state index in [0.29, 0.717) is 23.2 Å². The number of halogens is 1. The number of thiocarbonyl (C=S) groups is 1. The first kappa shape index (κ1) is 24.0. The van der Waals surface area contributed by atoms with Gasteiger partial charge in [-0.05, 0) is 36.0 Å². The van der Waals surface area contributed by atoms with E-state index >= 15 is 0 Å². The van der Waals surface area contributed by atoms with Gasteiger partial charge in [-0.2, -0.15) is 0 Å². The topological polar surface area (TPSA) is 51.1 Å². The van der Waals surface area contributed by atoms with E-state index in [9.17, 15) is 5.11 Å². The molecule has 34 heavy (non-hydrogen) atoms. The van der Waals surface area contributed by atoms with Crippen molar-refractivity contribution < 1.29 is 5.11 Å². The number of rotatable bonds is 6. The first-order chi connectivity index (χ1) is 16.5. The van der Waals surface area contributed by atoms with Crippen LogP contribution in [-0.4, -0.2) is 47.2 Å². The number of fused-ring (bicyclic) bond motifs is 1. The summed E-state index contributed by atoms with van der Waals surface area (Å²) < 4.78 is 0. The molecule has 5 nitrogen and oxygen atoms in total. The predicted molar refractivity (Wildman–Crippen MR) is 145 cm³/mol. The van der Waals surface area contributed by atoms with E-state index < -0.39 is 6.17 Å². The van der Waals surface area contributed by atoms with E-state index in [2.05, 4.69) is 11.9 Å². The zero-order chi connectivity index (χ0) is 24.1. The van der Waals surface area contributed by atoms with Crippen molar-refractivity contribution in [2.45, 2.75) is 12.7 Å². The lowest BCUT2D eigenvalue weighted by molar-refractivity contribution is 0.245. The molecule has 7 heteroatoms. The Morgan fingerprint density at radius 2 is 1.79 bits per heavy atom. The minimum absolute atomic E-state index is 0.0113. The van der Waals surface area contributed by atoms with Crippen LogP contribution in [0, 0.1) is 0 Å². The molecule has 174 valence electrons. The van der Waals surface area contributed by atoms with Gasteiger partial charge < -0.3 is 20.2 Å². The fourth-order valence-corrected chi connectivity index (χ4v) is 4.37. The SMILES string of the molecule is C=C1C(NC(=S)N(CCO)Cc2ccccc2)N=C(c2ccccc2)c2cc(Cl)ccc2N1C. The molecule has 3 aromatic rings. The summed E-state index contributed by atoms with van der Waals surface area (Å²) in [5, 5.41) is 14.2. The summed E-state index contributed by atoms with van der Waals surface area (Å²) in [6, 6.07) is 25.8. The number of nitrogens with one attached hydrogen (secondary N) is 1. The van der Waals surface area contributed by atoms with Crippen LogP contribution < -0.4 is 10.2 Å². The van der Waals surface area contributed by atoms with Gasteiger partial charge >= 0.3 is 0 Å². The van der Waals surface area contributed by atoms with E-state index in [4.69, 9.17) is 28.8 Å². The number of aliphatic hydroxyl groups excluding tert-OH is 1. The maximum absolute atomic E-state index is 9.65. The molecule has 0 amide bonds. The van der Waals surface area contributed by atoms with Crippen LogP contribution in [0.2, 0.25) is 5.02 Å². The summed E-state index contributed by atoms with van der Waals surface area (Å²) in [5.74, 6) is 0. The van der Waals surface area contributed by atoms with E-state index in [-0.39, 0.29) is 6.61 Å². The highest BCUT2D eigenvalue weighted by Gasteiger charge is 2.27. The van der Waals surface area contributed by atoms with Crippen molar-refractivity contribution in [1.29, 1.82) is 0 Å². The predicted octanol–water partition coefficient (Wildman–Crippen LogP) is 4.84. The quantitative estimate of drug-likeness (QED) is 0.484. The second-order valence-corrected chi connectivity index (χ2v) is 8.86. The van der Waals surface area contributed by atoms with Crippen molar-refractivity contribution in [2.24, 2.45) is 4.99 Å². The molecule has 4 rings (SSSR count). The average Bonchev–Trinajstić information content (AvgIpc) is 2.95. The van der Waals surface area contributed by atoms with E-state index in [0.717, 1.165) is 33.8 Å². The molecule has 0 fully saturated rings. The van der Waals surface area contributed by atoms with Gasteiger partial charge in [0.15, 0.2) is 11.3 Å². The zero-order valence-electron chi connectivity index (χ0n) is 19.0. The largest absolute Gasteiger partial charge is 0.395 e. The molecular formula is C27H27ClN4OS. The second kappa shape index (κ2) is 10.8. The van der Waals surface area contributed by atoms with Crippen LogP contribution in [0.25, 0.3) is 0 Å². The molecule has 1 atom stereocenters. The van der Waals surface area contributed by atoms with Crippen molar-refractivity contribution in [2.75, 3.05) is 25.1 Å². The summed E-state index contributed by atoms with van der Waals surface area (Å²) in [5.41, 5.74) is 5.52. The molecule has 0 radical (unpaired) electrons. The molecule has 2 N–H and O–H groups in total. The number of likely N-dealkylation sites (N-methyl/N-ethyl adjacent to an activating group) is 1. The fourth-order valence-electron chi connectivity index (χ4n) is 3.93. The highest BCUT2D eigenvalue weighted by atomic mass is 35.5. The van der Waals surface area contributed by atoms with Crippen LogP contribution in [0.5, 0.6) is 0 Å². The minimum Gasteiger partial charge on any atom is -0.395 e. The molecule has 0 aliphatic carbocycles. The Morgan fingerprint density at radius 3 is 2.47 bits per heavy atom. The summed E-state index contributed by atoms with van der Waals surface area (Å²) in [4.78, 5) is 9.03. The standard InChI is InChI=1S/C27H27ClN4OS/c1-19-26(30-27(34)32(15-16-33)18-20-9-5-3-6-10-20)29-25(21-11-7-4-8-12-21)23-17-22(28)13-14-24(23)31(19)2/h3-14,17,26,33H,1,15-16,18H2,2H3,(H,30,34). The summed E-state index contributed by atoms with van der Waals surface area (Å²) >= 11 is 12.2. The van der Waals surface area contributed by atoms with Gasteiger partial charge in [0, 0.05) is 36.3 Å². The van der Waals surface area contributed by atoms with Gasteiger partial charge in [-0.25, -0.2) is 0 Å². The van der Waals surface area contributed by atoms with Crippen molar-refractivity contribution >= 4 is 40.3 Å². The Hall–Kier alpha value is -3.19. The van der Waals surface area contributed by atoms with Crippen molar-refractivity contribution in [3.05, 3.63) is 113 Å². The highest BCUT2D eigenvalue weighted by molar-refractivity contribution is 7.80. The number of aliphatic hydroxyl groups is 1. The molecule has 0 spiro atoms. The Morgan fingerprint density at radius 1 is 1.12 bits per heavy atom. The summed E-state index contributed by atoms with van der Waals surface area (Å²) in [6.45, 7) is 5.29. The average molecular weight is 491 g/mol. The Labute approximate surface area is 211 Å². The number of benzodiazepines with no additional fused rings is 1. The van der Waals surface area contributed by atoms with Crippen LogP contribution >= 0.6 is 23.8 Å². The molecular weight excluding hydrogens is 464 g/mol. The second-order valence-electron chi connectivity index (χ2n) is 8.04. The van der Waals surface area contributed by atoms with E-state index in [1.54, 1.807) is 0 Å². The van der Waals surface area contributed by atoms with Gasteiger partial charge in [-0.15, -0.1) is 0 Å². The molecule has 3 aromatic carbocycles. The molecule has 1 unspecified atom stereocenters. The number of anilines is 1. The number of hydrogen-bond acceptors (Lipinski definition) is 4. The van der Waals surface area contributed by atoms with Gasteiger partial charge in [0.2, 0.25) is 0 Å². The third-order valence-corrected chi connectivity index (χ3v) is 6.37. The first-order valence-corrected chi connectivity index (χ1v) is 11.8. The van der Waals surface area contributed by atoms with Crippen LogP contribution in [-0.2, 0) is 6.54 Å². The Bertz CT molecular complexity index is 1200. The minimum atomic E-state index is -0.504. The van der Waals surface area contributed by atoms with Gasteiger partial charge in [-0.1, -0.05) is 78.8 Å². The Balaban J connectivity index is 1.69. The molecule has 0 saturated heterocycles. The molecule has 1 heterocycles.